The SMILES string of the molecule is CC(C)(C)[Si](C)(C)OCc1ccc(OC(=O)c2cccc3ccccc23)cc1.O=C(Oc1ccc(CO)cc1)c1cccc2ccccc12. The third-order valence-electron chi connectivity index (χ3n) is 8.88. The number of esters is 2. The molecule has 6 nitrogen and oxygen atoms in total. The first kappa shape index (κ1) is 35.2. The van der Waals surface area contributed by atoms with Gasteiger partial charge in [-0.2, -0.15) is 0 Å². The van der Waals surface area contributed by atoms with Crippen molar-refractivity contribution in [2.75, 3.05) is 0 Å². The zero-order chi connectivity index (χ0) is 35.0. The van der Waals surface area contributed by atoms with E-state index in [1.54, 1.807) is 36.4 Å². The monoisotopic (exact) mass is 670 g/mol. The van der Waals surface area contributed by atoms with Crippen molar-refractivity contribution in [2.45, 2.75) is 52.1 Å². The molecule has 0 unspecified atom stereocenters. The Morgan fingerprint density at radius 2 is 0.980 bits per heavy atom. The number of fused-ring (bicyclic) bond motifs is 2. The second kappa shape index (κ2) is 15.4. The highest BCUT2D eigenvalue weighted by atomic mass is 28.4. The summed E-state index contributed by atoms with van der Waals surface area (Å²) >= 11 is 0. The summed E-state index contributed by atoms with van der Waals surface area (Å²) in [5, 5.41) is 13.0. The fourth-order valence-corrected chi connectivity index (χ4v) is 5.89. The van der Waals surface area contributed by atoms with Gasteiger partial charge in [-0.25, -0.2) is 9.59 Å². The van der Waals surface area contributed by atoms with Crippen molar-refractivity contribution >= 4 is 41.8 Å². The fraction of sp³-hybridized carbons (Fsp3) is 0.190. The maximum Gasteiger partial charge on any atom is 0.344 e. The molecule has 0 bridgehead atoms. The second-order valence-corrected chi connectivity index (χ2v) is 18.1. The van der Waals surface area contributed by atoms with Gasteiger partial charge >= 0.3 is 11.9 Å². The number of ether oxygens (including phenoxy) is 2. The van der Waals surface area contributed by atoms with E-state index in [1.807, 2.05) is 97.1 Å². The topological polar surface area (TPSA) is 82.1 Å². The first-order chi connectivity index (χ1) is 23.4. The molecule has 49 heavy (non-hydrogen) atoms. The van der Waals surface area contributed by atoms with Crippen LogP contribution in [0.5, 0.6) is 11.5 Å². The average molecular weight is 671 g/mol. The lowest BCUT2D eigenvalue weighted by Gasteiger charge is -2.36. The average Bonchev–Trinajstić information content (AvgIpc) is 3.11. The summed E-state index contributed by atoms with van der Waals surface area (Å²) in [6.07, 6.45) is 0. The third-order valence-corrected chi connectivity index (χ3v) is 13.4. The maximum absolute atomic E-state index is 12.6. The van der Waals surface area contributed by atoms with Gasteiger partial charge in [0, 0.05) is 0 Å². The van der Waals surface area contributed by atoms with Gasteiger partial charge in [0.15, 0.2) is 8.32 Å². The van der Waals surface area contributed by atoms with Gasteiger partial charge in [0.05, 0.1) is 24.3 Å². The molecule has 1 N–H and O–H groups in total. The zero-order valence-corrected chi connectivity index (χ0v) is 29.6. The molecule has 6 aromatic rings. The van der Waals surface area contributed by atoms with Gasteiger partial charge in [-0.05, 0) is 87.2 Å². The molecule has 0 radical (unpaired) electrons. The van der Waals surface area contributed by atoms with E-state index in [2.05, 4.69) is 33.9 Å². The first-order valence-corrected chi connectivity index (χ1v) is 19.2. The fourth-order valence-electron chi connectivity index (χ4n) is 4.93. The Balaban J connectivity index is 0.000000199. The Bertz CT molecular complexity index is 2030. The van der Waals surface area contributed by atoms with Crippen molar-refractivity contribution in [1.82, 2.24) is 0 Å². The van der Waals surface area contributed by atoms with Crippen molar-refractivity contribution in [1.29, 1.82) is 0 Å². The number of aliphatic hydroxyl groups excluding tert-OH is 1. The summed E-state index contributed by atoms with van der Waals surface area (Å²) < 4.78 is 17.2. The number of hydrogen-bond donors (Lipinski definition) is 1. The van der Waals surface area contributed by atoms with Gasteiger partial charge in [0.25, 0.3) is 0 Å². The van der Waals surface area contributed by atoms with Gasteiger partial charge in [-0.3, -0.25) is 0 Å². The van der Waals surface area contributed by atoms with E-state index in [0.717, 1.165) is 32.7 Å². The number of hydrogen-bond acceptors (Lipinski definition) is 6. The summed E-state index contributed by atoms with van der Waals surface area (Å²) in [6, 6.07) is 41.1. The normalized spacial score (nSPS) is 11.5. The number of carbonyl (C=O) groups is 2. The first-order valence-electron chi connectivity index (χ1n) is 16.3. The van der Waals surface area contributed by atoms with Crippen molar-refractivity contribution in [3.63, 3.8) is 0 Å². The Labute approximate surface area is 289 Å². The standard InChI is InChI=1S/C24H28O3Si.C18H14O3/c1-24(2,3)28(4,5)26-17-18-13-15-20(16-14-18)27-23(25)22-12-8-10-19-9-6-7-11-21(19)22;19-12-13-8-10-15(11-9-13)21-18(20)17-7-3-5-14-4-1-2-6-16(14)17/h6-16H,17H2,1-5H3;1-11,19H,12H2. The molecule has 0 spiro atoms. The Kier molecular flexibility index (Phi) is 11.1. The van der Waals surface area contributed by atoms with Gasteiger partial charge in [0.1, 0.15) is 11.5 Å². The predicted octanol–water partition coefficient (Wildman–Crippen LogP) is 10.1. The van der Waals surface area contributed by atoms with Gasteiger partial charge in [-0.15, -0.1) is 0 Å². The molecule has 0 fully saturated rings. The quantitative estimate of drug-likeness (QED) is 0.0986. The molecule has 0 amide bonds. The van der Waals surface area contributed by atoms with Crippen LogP contribution in [0.4, 0.5) is 0 Å². The molecule has 0 atom stereocenters. The maximum atomic E-state index is 12.6. The largest absolute Gasteiger partial charge is 0.423 e. The van der Waals surface area contributed by atoms with E-state index < -0.39 is 8.32 Å². The highest BCUT2D eigenvalue weighted by Gasteiger charge is 2.37. The lowest BCUT2D eigenvalue weighted by atomic mass is 10.0. The molecular formula is C42H42O6Si. The van der Waals surface area contributed by atoms with Crippen molar-refractivity contribution in [2.24, 2.45) is 0 Å². The van der Waals surface area contributed by atoms with Crippen LogP contribution in [0.1, 0.15) is 52.6 Å². The molecule has 6 rings (SSSR count). The molecule has 0 aliphatic carbocycles. The van der Waals surface area contributed by atoms with Crippen LogP contribution in [0.15, 0.2) is 133 Å². The summed E-state index contributed by atoms with van der Waals surface area (Å²) in [6.45, 7) is 11.7. The molecule has 0 heterocycles. The molecular weight excluding hydrogens is 629 g/mol. The Morgan fingerprint density at radius 1 is 0.571 bits per heavy atom. The van der Waals surface area contributed by atoms with Crippen molar-refractivity contribution in [3.8, 4) is 11.5 Å². The van der Waals surface area contributed by atoms with Crippen LogP contribution in [0.3, 0.4) is 0 Å². The van der Waals surface area contributed by atoms with Crippen LogP contribution < -0.4 is 9.47 Å². The van der Waals surface area contributed by atoms with E-state index in [0.29, 0.717) is 29.2 Å². The second-order valence-electron chi connectivity index (χ2n) is 13.3. The summed E-state index contributed by atoms with van der Waals surface area (Å²) in [5.41, 5.74) is 2.97. The summed E-state index contributed by atoms with van der Waals surface area (Å²) in [4.78, 5) is 25.0. The van der Waals surface area contributed by atoms with Crippen molar-refractivity contribution in [3.05, 3.63) is 156 Å². The molecule has 7 heteroatoms. The Morgan fingerprint density at radius 3 is 1.41 bits per heavy atom. The molecule has 0 aliphatic rings. The van der Waals surface area contributed by atoms with Gasteiger partial charge in [0.2, 0.25) is 0 Å². The van der Waals surface area contributed by atoms with Crippen LogP contribution in [-0.2, 0) is 17.6 Å². The van der Waals surface area contributed by atoms with Crippen LogP contribution in [0, 0.1) is 0 Å². The smallest absolute Gasteiger partial charge is 0.344 e. The van der Waals surface area contributed by atoms with Crippen LogP contribution in [0.25, 0.3) is 21.5 Å². The highest BCUT2D eigenvalue weighted by molar-refractivity contribution is 6.74. The number of benzene rings is 6. The molecule has 0 aromatic heterocycles. The van der Waals surface area contributed by atoms with Gasteiger partial charge < -0.3 is 19.0 Å². The lowest BCUT2D eigenvalue weighted by molar-refractivity contribution is 0.0727. The molecule has 0 saturated heterocycles. The summed E-state index contributed by atoms with van der Waals surface area (Å²) in [7, 11) is -1.78. The van der Waals surface area contributed by atoms with Crippen LogP contribution in [-0.4, -0.2) is 25.4 Å². The highest BCUT2D eigenvalue weighted by Crippen LogP contribution is 2.37. The Hall–Kier alpha value is -5.08. The van der Waals surface area contributed by atoms with E-state index in [9.17, 15) is 9.59 Å². The zero-order valence-electron chi connectivity index (χ0n) is 28.6. The molecule has 0 saturated carbocycles. The van der Waals surface area contributed by atoms with Crippen molar-refractivity contribution < 1.29 is 28.6 Å². The van der Waals surface area contributed by atoms with Crippen LogP contribution >= 0.6 is 0 Å². The van der Waals surface area contributed by atoms with E-state index in [-0.39, 0.29) is 23.6 Å². The minimum absolute atomic E-state index is 0.0302. The number of carbonyl (C=O) groups excluding carboxylic acids is 2. The van der Waals surface area contributed by atoms with E-state index >= 15 is 0 Å². The predicted molar refractivity (Wildman–Crippen MR) is 199 cm³/mol. The number of aliphatic hydroxyl groups is 1. The minimum atomic E-state index is -1.78. The molecule has 250 valence electrons. The van der Waals surface area contributed by atoms with Crippen LogP contribution in [0.2, 0.25) is 18.1 Å². The van der Waals surface area contributed by atoms with Gasteiger partial charge in [-0.1, -0.05) is 118 Å². The molecule has 0 aliphatic heterocycles. The van der Waals surface area contributed by atoms with E-state index in [4.69, 9.17) is 19.0 Å². The minimum Gasteiger partial charge on any atom is -0.423 e. The lowest BCUT2D eigenvalue weighted by Crippen LogP contribution is -2.40. The molecule has 6 aromatic carbocycles. The van der Waals surface area contributed by atoms with E-state index in [1.165, 1.54) is 0 Å². The number of rotatable bonds is 8. The summed E-state index contributed by atoms with van der Waals surface area (Å²) in [5.74, 6) is 0.268. The third kappa shape index (κ3) is 8.89.